The molecule has 2 rings (SSSR count). The van der Waals surface area contributed by atoms with E-state index in [1.165, 1.54) is 0 Å². The molecule has 3 nitrogen and oxygen atoms in total. The highest BCUT2D eigenvalue weighted by Gasteiger charge is 2.07. The first-order chi connectivity index (χ1) is 7.22. The molecule has 0 unspecified atom stereocenters. The van der Waals surface area contributed by atoms with Crippen LogP contribution in [0, 0.1) is 0 Å². The molecule has 0 aliphatic rings. The zero-order valence-corrected chi connectivity index (χ0v) is 9.07. The normalized spacial score (nSPS) is 10.3. The summed E-state index contributed by atoms with van der Waals surface area (Å²) in [6.45, 7) is 3.44. The molecule has 76 valence electrons. The van der Waals surface area contributed by atoms with Crippen molar-refractivity contribution in [2.45, 2.75) is 0 Å². The Kier molecular flexibility index (Phi) is 2.56. The van der Waals surface area contributed by atoms with Gasteiger partial charge in [0.05, 0.1) is 10.5 Å². The molecule has 0 saturated heterocycles. The molecule has 0 bridgehead atoms. The Hall–Kier alpha value is -1.61. The lowest BCUT2D eigenvalue weighted by Gasteiger charge is -2.13. The first-order valence-corrected chi connectivity index (χ1v) is 4.86. The van der Waals surface area contributed by atoms with Gasteiger partial charge in [-0.2, -0.15) is 5.10 Å². The van der Waals surface area contributed by atoms with Gasteiger partial charge in [0.15, 0.2) is 5.82 Å². The fourth-order valence-electron chi connectivity index (χ4n) is 1.37. The van der Waals surface area contributed by atoms with Crippen LogP contribution in [0.2, 0.25) is 5.02 Å². The number of hydrazone groups is 1. The van der Waals surface area contributed by atoms with Gasteiger partial charge in [0.25, 0.3) is 0 Å². The van der Waals surface area contributed by atoms with Crippen LogP contribution in [-0.4, -0.2) is 18.7 Å². The second kappa shape index (κ2) is 3.87. The Morgan fingerprint density at radius 2 is 2.13 bits per heavy atom. The van der Waals surface area contributed by atoms with E-state index in [0.29, 0.717) is 10.8 Å². The molecule has 0 saturated carbocycles. The number of pyridine rings is 1. The number of fused-ring (bicyclic) bond motifs is 1. The van der Waals surface area contributed by atoms with E-state index >= 15 is 0 Å². The van der Waals surface area contributed by atoms with Gasteiger partial charge in [0.2, 0.25) is 0 Å². The van der Waals surface area contributed by atoms with E-state index in [9.17, 15) is 0 Å². The van der Waals surface area contributed by atoms with Crippen LogP contribution in [0.5, 0.6) is 0 Å². The summed E-state index contributed by atoms with van der Waals surface area (Å²) in [6.07, 6.45) is 0. The molecule has 1 aromatic carbocycles. The van der Waals surface area contributed by atoms with Crippen LogP contribution in [0.3, 0.4) is 0 Å². The summed E-state index contributed by atoms with van der Waals surface area (Å²) >= 11 is 6.08. The van der Waals surface area contributed by atoms with Gasteiger partial charge >= 0.3 is 0 Å². The molecule has 0 fully saturated rings. The van der Waals surface area contributed by atoms with E-state index < -0.39 is 0 Å². The monoisotopic (exact) mass is 219 g/mol. The highest BCUT2D eigenvalue weighted by Crippen LogP contribution is 2.26. The van der Waals surface area contributed by atoms with Crippen molar-refractivity contribution in [3.05, 3.63) is 35.4 Å². The summed E-state index contributed by atoms with van der Waals surface area (Å²) < 4.78 is 0. The minimum atomic E-state index is 0.573. The number of para-hydroxylation sites is 1. The summed E-state index contributed by atoms with van der Waals surface area (Å²) in [5.74, 6) is 0.616. The Morgan fingerprint density at radius 1 is 1.40 bits per heavy atom. The van der Waals surface area contributed by atoms with Gasteiger partial charge in [-0.05, 0) is 12.1 Å². The molecule has 1 heterocycles. The van der Waals surface area contributed by atoms with Crippen LogP contribution >= 0.6 is 11.6 Å². The van der Waals surface area contributed by atoms with Crippen LogP contribution < -0.4 is 5.01 Å². The minimum Gasteiger partial charge on any atom is -0.250 e. The van der Waals surface area contributed by atoms with Crippen molar-refractivity contribution >= 4 is 35.0 Å². The van der Waals surface area contributed by atoms with E-state index in [4.69, 9.17) is 11.6 Å². The molecular formula is C11H10ClN3. The van der Waals surface area contributed by atoms with Crippen LogP contribution in [0.25, 0.3) is 10.9 Å². The zero-order valence-electron chi connectivity index (χ0n) is 8.31. The molecule has 4 heteroatoms. The Balaban J connectivity index is 2.66. The smallest absolute Gasteiger partial charge is 0.168 e. The lowest BCUT2D eigenvalue weighted by atomic mass is 10.2. The van der Waals surface area contributed by atoms with Crippen molar-refractivity contribution in [1.29, 1.82) is 0 Å². The Labute approximate surface area is 93.0 Å². The quantitative estimate of drug-likeness (QED) is 0.574. The largest absolute Gasteiger partial charge is 0.250 e. The third-order valence-electron chi connectivity index (χ3n) is 2.18. The minimum absolute atomic E-state index is 0.573. The first-order valence-electron chi connectivity index (χ1n) is 4.48. The molecule has 1 aromatic heterocycles. The Morgan fingerprint density at radius 3 is 2.87 bits per heavy atom. The fraction of sp³-hybridized carbons (Fsp3) is 0.0909. The molecule has 0 radical (unpaired) electrons. The van der Waals surface area contributed by atoms with Gasteiger partial charge in [-0.25, -0.2) is 4.98 Å². The van der Waals surface area contributed by atoms with Crippen molar-refractivity contribution in [1.82, 2.24) is 4.98 Å². The molecule has 0 spiro atoms. The number of aromatic nitrogens is 1. The lowest BCUT2D eigenvalue weighted by molar-refractivity contribution is 0.996. The summed E-state index contributed by atoms with van der Waals surface area (Å²) in [4.78, 5) is 4.41. The van der Waals surface area contributed by atoms with Crippen molar-refractivity contribution in [2.24, 2.45) is 5.10 Å². The van der Waals surface area contributed by atoms with Gasteiger partial charge in [-0.3, -0.25) is 5.01 Å². The van der Waals surface area contributed by atoms with Crippen molar-refractivity contribution in [2.75, 3.05) is 12.1 Å². The second-order valence-electron chi connectivity index (χ2n) is 3.15. The maximum atomic E-state index is 6.08. The van der Waals surface area contributed by atoms with E-state index in [1.807, 2.05) is 30.3 Å². The Bertz CT molecular complexity index is 510. The summed E-state index contributed by atoms with van der Waals surface area (Å²) in [5, 5.41) is 6.90. The number of rotatable bonds is 2. The fourth-order valence-corrected chi connectivity index (χ4v) is 1.66. The molecule has 0 atom stereocenters. The third kappa shape index (κ3) is 1.78. The van der Waals surface area contributed by atoms with Gasteiger partial charge in [0.1, 0.15) is 0 Å². The van der Waals surface area contributed by atoms with Gasteiger partial charge in [-0.15, -0.1) is 0 Å². The van der Waals surface area contributed by atoms with E-state index in [2.05, 4.69) is 16.8 Å². The average molecular weight is 220 g/mol. The topological polar surface area (TPSA) is 28.5 Å². The zero-order chi connectivity index (χ0) is 10.8. The first kappa shape index (κ1) is 9.93. The highest BCUT2D eigenvalue weighted by molar-refractivity contribution is 6.33. The van der Waals surface area contributed by atoms with Gasteiger partial charge < -0.3 is 0 Å². The van der Waals surface area contributed by atoms with E-state index in [1.54, 1.807) is 12.1 Å². The summed E-state index contributed by atoms with van der Waals surface area (Å²) in [6, 6.07) is 9.68. The molecule has 0 N–H and O–H groups in total. The molecule has 0 aliphatic carbocycles. The SMILES string of the molecule is C=NN(C)c1nc2ccccc2cc1Cl. The molecular weight excluding hydrogens is 210 g/mol. The second-order valence-corrected chi connectivity index (χ2v) is 3.56. The number of halogens is 1. The average Bonchev–Trinajstić information content (AvgIpc) is 2.27. The maximum absolute atomic E-state index is 6.08. The molecule has 15 heavy (non-hydrogen) atoms. The number of hydrogen-bond acceptors (Lipinski definition) is 3. The van der Waals surface area contributed by atoms with E-state index in [0.717, 1.165) is 10.9 Å². The predicted molar refractivity (Wildman–Crippen MR) is 64.7 cm³/mol. The van der Waals surface area contributed by atoms with Crippen LogP contribution in [0.4, 0.5) is 5.82 Å². The third-order valence-corrected chi connectivity index (χ3v) is 2.46. The van der Waals surface area contributed by atoms with E-state index in [-0.39, 0.29) is 0 Å². The highest BCUT2D eigenvalue weighted by atomic mass is 35.5. The summed E-state index contributed by atoms with van der Waals surface area (Å²) in [7, 11) is 1.76. The maximum Gasteiger partial charge on any atom is 0.168 e. The van der Waals surface area contributed by atoms with Crippen LogP contribution in [0.1, 0.15) is 0 Å². The number of nitrogens with zero attached hydrogens (tertiary/aromatic N) is 3. The van der Waals surface area contributed by atoms with Crippen molar-refractivity contribution in [3.63, 3.8) is 0 Å². The van der Waals surface area contributed by atoms with Crippen molar-refractivity contribution in [3.8, 4) is 0 Å². The van der Waals surface area contributed by atoms with Crippen molar-refractivity contribution < 1.29 is 0 Å². The van der Waals surface area contributed by atoms with Gasteiger partial charge in [-0.1, -0.05) is 29.8 Å². The predicted octanol–water partition coefficient (Wildman–Crippen LogP) is 2.94. The lowest BCUT2D eigenvalue weighted by Crippen LogP contribution is -2.09. The molecule has 2 aromatic rings. The standard InChI is InChI=1S/C11H10ClN3/c1-13-15(2)11-9(12)7-8-5-3-4-6-10(8)14-11/h3-7H,1H2,2H3. The number of anilines is 1. The molecule has 0 amide bonds. The van der Waals surface area contributed by atoms with Crippen LogP contribution in [0.15, 0.2) is 35.4 Å². The van der Waals surface area contributed by atoms with Crippen LogP contribution in [-0.2, 0) is 0 Å². The van der Waals surface area contributed by atoms with Gasteiger partial charge in [0, 0.05) is 19.2 Å². The molecule has 0 aliphatic heterocycles. The number of hydrogen-bond donors (Lipinski definition) is 0. The summed E-state index contributed by atoms with van der Waals surface area (Å²) in [5.41, 5.74) is 0.896. The number of benzene rings is 1.